The largest absolute Gasteiger partial charge is 0.436 e. The molecule has 0 N–H and O–H groups in total. The number of ether oxygens (including phenoxy) is 1. The van der Waals surface area contributed by atoms with Crippen LogP contribution < -0.4 is 0 Å². The lowest BCUT2D eigenvalue weighted by Crippen LogP contribution is -2.37. The molecule has 0 aromatic heterocycles. The predicted molar refractivity (Wildman–Crippen MR) is 58.1 cm³/mol. The van der Waals surface area contributed by atoms with E-state index in [2.05, 4.69) is 22.5 Å². The van der Waals surface area contributed by atoms with Crippen LogP contribution in [0.5, 0.6) is 0 Å². The second-order valence-corrected chi connectivity index (χ2v) is 5.12. The molecule has 0 saturated carbocycles. The monoisotopic (exact) mass is 262 g/mol. The lowest BCUT2D eigenvalue weighted by molar-refractivity contribution is -0.153. The van der Waals surface area contributed by atoms with Gasteiger partial charge in [0, 0.05) is 11.5 Å². The van der Waals surface area contributed by atoms with Crippen molar-refractivity contribution in [1.29, 1.82) is 0 Å². The van der Waals surface area contributed by atoms with E-state index in [1.807, 2.05) is 0 Å². The van der Waals surface area contributed by atoms with Crippen LogP contribution in [-0.2, 0) is 14.3 Å². The summed E-state index contributed by atoms with van der Waals surface area (Å²) in [6, 6.07) is 0. The van der Waals surface area contributed by atoms with Gasteiger partial charge < -0.3 is 4.74 Å². The van der Waals surface area contributed by atoms with Crippen LogP contribution >= 0.6 is 15.9 Å². The number of rotatable bonds is 4. The second-order valence-electron chi connectivity index (χ2n) is 3.61. The summed E-state index contributed by atoms with van der Waals surface area (Å²) in [5, 5.41) is 0. The minimum absolute atomic E-state index is 0.174. The zero-order valence-corrected chi connectivity index (χ0v) is 10.5. The number of halogens is 1. The highest BCUT2D eigenvalue weighted by atomic mass is 79.9. The van der Waals surface area contributed by atoms with Crippen LogP contribution in [0.2, 0.25) is 0 Å². The first kappa shape index (κ1) is 13.4. The van der Waals surface area contributed by atoms with Crippen molar-refractivity contribution in [3.8, 4) is 0 Å². The van der Waals surface area contributed by atoms with Crippen LogP contribution in [-0.4, -0.2) is 16.3 Å². The normalized spacial score (nSPS) is 14.7. The maximum absolute atomic E-state index is 11.6. The van der Waals surface area contributed by atoms with Gasteiger partial charge in [-0.05, 0) is 29.8 Å². The lowest BCUT2D eigenvalue weighted by atomic mass is 10.1. The molecule has 3 nitrogen and oxygen atoms in total. The summed E-state index contributed by atoms with van der Waals surface area (Å²) in [5.74, 6) is -0.942. The molecule has 0 heterocycles. The summed E-state index contributed by atoms with van der Waals surface area (Å²) < 4.78 is 3.70. The molecule has 0 aliphatic rings. The van der Waals surface area contributed by atoms with E-state index in [9.17, 15) is 9.59 Å². The van der Waals surface area contributed by atoms with Gasteiger partial charge in [-0.25, -0.2) is 4.79 Å². The molecular formula is C10H15BrO3. The quantitative estimate of drug-likeness (QED) is 0.444. The van der Waals surface area contributed by atoms with Crippen molar-refractivity contribution < 1.29 is 14.3 Å². The van der Waals surface area contributed by atoms with Crippen LogP contribution in [0, 0.1) is 5.92 Å². The van der Waals surface area contributed by atoms with Crippen molar-refractivity contribution in [3.63, 3.8) is 0 Å². The third-order valence-electron chi connectivity index (χ3n) is 1.60. The third-order valence-corrected chi connectivity index (χ3v) is 2.15. The van der Waals surface area contributed by atoms with E-state index in [4.69, 9.17) is 4.74 Å². The molecule has 0 amide bonds. The highest BCUT2D eigenvalue weighted by Gasteiger charge is 2.35. The van der Waals surface area contributed by atoms with Crippen LogP contribution in [0.15, 0.2) is 12.2 Å². The Morgan fingerprint density at radius 2 is 1.86 bits per heavy atom. The van der Waals surface area contributed by atoms with Crippen molar-refractivity contribution in [2.45, 2.75) is 32.2 Å². The van der Waals surface area contributed by atoms with Crippen LogP contribution in [0.4, 0.5) is 0 Å². The summed E-state index contributed by atoms with van der Waals surface area (Å²) in [4.78, 5) is 22.8. The van der Waals surface area contributed by atoms with Crippen LogP contribution in [0.25, 0.3) is 0 Å². The topological polar surface area (TPSA) is 43.4 Å². The standard InChI is InChI=1S/C10H15BrO3/c1-6(2)8(12)10(5,11)14-9(13)7(3)4/h6H,3H2,1-2,4-5H3. The second kappa shape index (κ2) is 4.73. The Hall–Kier alpha value is -0.640. The molecule has 0 rings (SSSR count). The number of hydrogen-bond donors (Lipinski definition) is 0. The highest BCUT2D eigenvalue weighted by molar-refractivity contribution is 9.10. The minimum atomic E-state index is -1.25. The molecule has 0 saturated heterocycles. The Labute approximate surface area is 92.6 Å². The van der Waals surface area contributed by atoms with E-state index in [0.717, 1.165) is 0 Å². The van der Waals surface area contributed by atoms with E-state index in [1.165, 1.54) is 13.8 Å². The summed E-state index contributed by atoms with van der Waals surface area (Å²) in [6.45, 7) is 9.97. The number of Topliss-reactive ketones (excluding diaryl/α,β-unsaturated/α-hetero) is 1. The van der Waals surface area contributed by atoms with E-state index in [-0.39, 0.29) is 17.3 Å². The molecule has 1 atom stereocenters. The Balaban J connectivity index is 4.57. The smallest absolute Gasteiger partial charge is 0.334 e. The van der Waals surface area contributed by atoms with Gasteiger partial charge in [-0.15, -0.1) is 0 Å². The summed E-state index contributed by atoms with van der Waals surface area (Å²) in [6.07, 6.45) is 0. The van der Waals surface area contributed by atoms with E-state index in [1.54, 1.807) is 13.8 Å². The maximum atomic E-state index is 11.6. The third kappa shape index (κ3) is 3.62. The molecule has 0 bridgehead atoms. The SMILES string of the molecule is C=C(C)C(=O)OC(C)(Br)C(=O)C(C)C. The number of carbonyl (C=O) groups is 2. The minimum Gasteiger partial charge on any atom is -0.436 e. The lowest BCUT2D eigenvalue weighted by Gasteiger charge is -2.23. The van der Waals surface area contributed by atoms with Crippen molar-refractivity contribution in [1.82, 2.24) is 0 Å². The number of carbonyl (C=O) groups excluding carboxylic acids is 2. The van der Waals surface area contributed by atoms with Gasteiger partial charge in [0.25, 0.3) is 0 Å². The van der Waals surface area contributed by atoms with Crippen molar-refractivity contribution >= 4 is 27.7 Å². The zero-order valence-electron chi connectivity index (χ0n) is 8.89. The van der Waals surface area contributed by atoms with Crippen LogP contribution in [0.3, 0.4) is 0 Å². The maximum Gasteiger partial charge on any atom is 0.334 e. The fraction of sp³-hybridized carbons (Fsp3) is 0.600. The molecule has 80 valence electrons. The van der Waals surface area contributed by atoms with Gasteiger partial charge in [-0.3, -0.25) is 4.79 Å². The number of alkyl halides is 1. The Morgan fingerprint density at radius 3 is 2.14 bits per heavy atom. The molecule has 0 aromatic rings. The van der Waals surface area contributed by atoms with Gasteiger partial charge >= 0.3 is 5.97 Å². The van der Waals surface area contributed by atoms with Crippen molar-refractivity contribution in [2.75, 3.05) is 0 Å². The zero-order chi connectivity index (χ0) is 11.5. The van der Waals surface area contributed by atoms with E-state index >= 15 is 0 Å². The molecule has 0 spiro atoms. The molecule has 1 unspecified atom stereocenters. The highest BCUT2D eigenvalue weighted by Crippen LogP contribution is 2.25. The first-order valence-corrected chi connectivity index (χ1v) is 5.10. The molecule has 4 heteroatoms. The Kier molecular flexibility index (Phi) is 4.52. The fourth-order valence-corrected chi connectivity index (χ4v) is 1.43. The number of ketones is 1. The van der Waals surface area contributed by atoms with Gasteiger partial charge in [0.05, 0.1) is 0 Å². The van der Waals surface area contributed by atoms with Crippen molar-refractivity contribution in [2.24, 2.45) is 5.92 Å². The van der Waals surface area contributed by atoms with Gasteiger partial charge in [-0.2, -0.15) is 0 Å². The molecule has 0 aliphatic heterocycles. The van der Waals surface area contributed by atoms with Crippen molar-refractivity contribution in [3.05, 3.63) is 12.2 Å². The van der Waals surface area contributed by atoms with Crippen LogP contribution in [0.1, 0.15) is 27.7 Å². The molecule has 14 heavy (non-hydrogen) atoms. The fourth-order valence-electron chi connectivity index (χ4n) is 0.827. The Morgan fingerprint density at radius 1 is 1.43 bits per heavy atom. The van der Waals surface area contributed by atoms with Gasteiger partial charge in [0.1, 0.15) is 0 Å². The average Bonchev–Trinajstić information content (AvgIpc) is 2.01. The molecule has 0 aliphatic carbocycles. The molecule has 0 fully saturated rings. The predicted octanol–water partition coefficient (Wildman–Crippen LogP) is 2.44. The Bertz CT molecular complexity index is 267. The number of esters is 1. The molecule has 0 aromatic carbocycles. The summed E-state index contributed by atoms with van der Waals surface area (Å²) in [7, 11) is 0. The van der Waals surface area contributed by atoms with E-state index in [0.29, 0.717) is 0 Å². The first-order chi connectivity index (χ1) is 6.18. The summed E-state index contributed by atoms with van der Waals surface area (Å²) in [5.41, 5.74) is 0.271. The van der Waals surface area contributed by atoms with E-state index < -0.39 is 10.5 Å². The molecule has 0 radical (unpaired) electrons. The van der Waals surface area contributed by atoms with Gasteiger partial charge in [0.15, 0.2) is 5.78 Å². The van der Waals surface area contributed by atoms with Gasteiger partial charge in [0.2, 0.25) is 4.51 Å². The number of hydrogen-bond acceptors (Lipinski definition) is 3. The molecular weight excluding hydrogens is 248 g/mol. The van der Waals surface area contributed by atoms with Gasteiger partial charge in [-0.1, -0.05) is 20.4 Å². The summed E-state index contributed by atoms with van der Waals surface area (Å²) >= 11 is 3.08. The average molecular weight is 263 g/mol. The first-order valence-electron chi connectivity index (χ1n) is 4.30.